The number of benzene rings is 1. The molecule has 148 valence electrons. The van der Waals surface area contributed by atoms with E-state index in [1.54, 1.807) is 4.57 Å². The van der Waals surface area contributed by atoms with Crippen LogP contribution in [0.15, 0.2) is 23.0 Å². The maximum atomic E-state index is 11.8. The number of hydrogen-bond acceptors (Lipinski definition) is 4. The fraction of sp³-hybridized carbons (Fsp3) is 0.667. The van der Waals surface area contributed by atoms with Crippen LogP contribution in [0.1, 0.15) is 50.0 Å². The third-order valence-corrected chi connectivity index (χ3v) is 6.47. The normalized spacial score (nSPS) is 25.3. The Bertz CT molecular complexity index is 811. The van der Waals surface area contributed by atoms with Gasteiger partial charge in [-0.15, -0.1) is 0 Å². The number of likely N-dealkylation sites (tertiary alicyclic amines) is 1. The van der Waals surface area contributed by atoms with Gasteiger partial charge in [0.15, 0.2) is 0 Å². The van der Waals surface area contributed by atoms with Crippen molar-refractivity contribution in [2.24, 2.45) is 12.8 Å². The van der Waals surface area contributed by atoms with Crippen molar-refractivity contribution in [3.63, 3.8) is 0 Å². The van der Waals surface area contributed by atoms with E-state index >= 15 is 0 Å². The molecule has 0 atom stereocenters. The van der Waals surface area contributed by atoms with Crippen molar-refractivity contribution in [2.75, 3.05) is 26.2 Å². The summed E-state index contributed by atoms with van der Waals surface area (Å²) in [6.07, 6.45) is 7.20. The molecular formula is C21H32N4O2. The van der Waals surface area contributed by atoms with E-state index in [0.29, 0.717) is 18.1 Å². The van der Waals surface area contributed by atoms with Crippen LogP contribution in [0.25, 0.3) is 11.0 Å². The molecule has 3 N–H and O–H groups in total. The molecular weight excluding hydrogens is 340 g/mol. The molecule has 2 aromatic rings. The number of hydrogen-bond donors (Lipinski definition) is 2. The van der Waals surface area contributed by atoms with Crippen molar-refractivity contribution in [1.29, 1.82) is 0 Å². The van der Waals surface area contributed by atoms with Crippen molar-refractivity contribution in [3.8, 4) is 0 Å². The van der Waals surface area contributed by atoms with Crippen LogP contribution in [0.3, 0.4) is 0 Å². The zero-order chi connectivity index (χ0) is 18.8. The van der Waals surface area contributed by atoms with Crippen LogP contribution in [0.4, 0.5) is 0 Å². The number of imidazole rings is 1. The Morgan fingerprint density at radius 3 is 2.63 bits per heavy atom. The number of fused-ring (bicyclic) bond motifs is 1. The van der Waals surface area contributed by atoms with Crippen LogP contribution >= 0.6 is 0 Å². The summed E-state index contributed by atoms with van der Waals surface area (Å²) in [6, 6.07) is 6.79. The molecule has 1 aliphatic heterocycles. The first-order valence-electron chi connectivity index (χ1n) is 10.4. The summed E-state index contributed by atoms with van der Waals surface area (Å²) in [6.45, 7) is 4.10. The van der Waals surface area contributed by atoms with Crippen LogP contribution in [-0.4, -0.2) is 52.8 Å². The maximum absolute atomic E-state index is 11.8. The summed E-state index contributed by atoms with van der Waals surface area (Å²) in [4.78, 5) is 17.2. The van der Waals surface area contributed by atoms with Gasteiger partial charge in [-0.05, 0) is 75.2 Å². The lowest BCUT2D eigenvalue weighted by Gasteiger charge is -2.33. The number of H-pyrrole nitrogens is 1. The van der Waals surface area contributed by atoms with Gasteiger partial charge in [-0.3, -0.25) is 4.57 Å². The minimum absolute atomic E-state index is 0.0445. The van der Waals surface area contributed by atoms with Gasteiger partial charge in [-0.2, -0.15) is 0 Å². The summed E-state index contributed by atoms with van der Waals surface area (Å²) < 4.78 is 7.77. The highest BCUT2D eigenvalue weighted by Gasteiger charge is 2.22. The van der Waals surface area contributed by atoms with Gasteiger partial charge in [0, 0.05) is 19.6 Å². The molecule has 1 aromatic carbocycles. The molecule has 2 heterocycles. The van der Waals surface area contributed by atoms with Crippen LogP contribution < -0.4 is 11.4 Å². The van der Waals surface area contributed by atoms with Gasteiger partial charge in [-0.25, -0.2) is 4.79 Å². The number of nitrogens with one attached hydrogen (secondary N) is 1. The van der Waals surface area contributed by atoms with E-state index in [4.69, 9.17) is 10.5 Å². The fourth-order valence-corrected chi connectivity index (χ4v) is 4.59. The number of nitrogens with zero attached hydrogens (tertiary/aromatic N) is 2. The van der Waals surface area contributed by atoms with Crippen LogP contribution in [0, 0.1) is 0 Å². The number of piperidine rings is 1. The quantitative estimate of drug-likeness (QED) is 0.845. The first-order chi connectivity index (χ1) is 13.1. The van der Waals surface area contributed by atoms with Crippen LogP contribution in [0.2, 0.25) is 0 Å². The monoisotopic (exact) mass is 372 g/mol. The topological polar surface area (TPSA) is 76.3 Å². The first-order valence-corrected chi connectivity index (χ1v) is 10.4. The molecule has 2 aliphatic rings. The third kappa shape index (κ3) is 4.28. The molecule has 0 spiro atoms. The van der Waals surface area contributed by atoms with E-state index in [1.165, 1.54) is 18.4 Å². The minimum Gasteiger partial charge on any atom is -0.377 e. The van der Waals surface area contributed by atoms with Crippen LogP contribution in [0.5, 0.6) is 0 Å². The van der Waals surface area contributed by atoms with Gasteiger partial charge in [0.05, 0.1) is 23.7 Å². The molecule has 0 radical (unpaired) electrons. The van der Waals surface area contributed by atoms with Crippen LogP contribution in [-0.2, 0) is 11.8 Å². The molecule has 0 amide bonds. The predicted octanol–water partition coefficient (Wildman–Crippen LogP) is 2.33. The molecule has 0 bridgehead atoms. The second-order valence-electron chi connectivity index (χ2n) is 8.29. The predicted molar refractivity (Wildman–Crippen MR) is 108 cm³/mol. The van der Waals surface area contributed by atoms with Crippen molar-refractivity contribution >= 4 is 11.0 Å². The molecule has 1 saturated heterocycles. The van der Waals surface area contributed by atoms with E-state index in [2.05, 4.69) is 22.0 Å². The summed E-state index contributed by atoms with van der Waals surface area (Å²) >= 11 is 0. The highest BCUT2D eigenvalue weighted by molar-refractivity contribution is 5.76. The second kappa shape index (κ2) is 8.17. The molecule has 1 aliphatic carbocycles. The van der Waals surface area contributed by atoms with Gasteiger partial charge >= 0.3 is 5.69 Å². The molecule has 6 heteroatoms. The first kappa shape index (κ1) is 18.7. The summed E-state index contributed by atoms with van der Waals surface area (Å²) in [5.74, 6) is 0.580. The molecule has 1 aromatic heterocycles. The average molecular weight is 373 g/mol. The lowest BCUT2D eigenvalue weighted by molar-refractivity contribution is 0.0106. The number of nitrogens with two attached hydrogens (primary N) is 1. The third-order valence-electron chi connectivity index (χ3n) is 6.47. The average Bonchev–Trinajstić information content (AvgIpc) is 2.97. The van der Waals surface area contributed by atoms with E-state index in [-0.39, 0.29) is 5.69 Å². The molecule has 0 unspecified atom stereocenters. The van der Waals surface area contributed by atoms with Crippen molar-refractivity contribution < 1.29 is 4.74 Å². The van der Waals surface area contributed by atoms with E-state index in [1.807, 2.05) is 13.1 Å². The Labute approximate surface area is 160 Å². The second-order valence-corrected chi connectivity index (χ2v) is 8.29. The van der Waals surface area contributed by atoms with E-state index in [9.17, 15) is 4.79 Å². The maximum Gasteiger partial charge on any atom is 0.326 e. The Morgan fingerprint density at radius 1 is 1.15 bits per heavy atom. The fourth-order valence-electron chi connectivity index (χ4n) is 4.59. The van der Waals surface area contributed by atoms with Crippen molar-refractivity contribution in [1.82, 2.24) is 14.5 Å². The lowest BCUT2D eigenvalue weighted by atomic mass is 9.89. The molecule has 27 heavy (non-hydrogen) atoms. The zero-order valence-electron chi connectivity index (χ0n) is 16.3. The number of rotatable bonds is 5. The van der Waals surface area contributed by atoms with Gasteiger partial charge in [0.25, 0.3) is 0 Å². The Balaban J connectivity index is 1.25. The number of ether oxygens (including phenoxy) is 1. The highest BCUT2D eigenvalue weighted by Crippen LogP contribution is 2.29. The Kier molecular flexibility index (Phi) is 5.66. The molecule has 1 saturated carbocycles. The van der Waals surface area contributed by atoms with E-state index in [0.717, 1.165) is 63.0 Å². The largest absolute Gasteiger partial charge is 0.377 e. The molecule has 6 nitrogen and oxygen atoms in total. The number of aromatic nitrogens is 2. The van der Waals surface area contributed by atoms with Gasteiger partial charge < -0.3 is 20.4 Å². The van der Waals surface area contributed by atoms with Gasteiger partial charge in [0.2, 0.25) is 0 Å². The van der Waals surface area contributed by atoms with Crippen molar-refractivity contribution in [3.05, 3.63) is 34.2 Å². The summed E-state index contributed by atoms with van der Waals surface area (Å²) in [5.41, 5.74) is 9.19. The SMILES string of the molecule is Cn1c(=O)[nH]c2ccc(C3CCN(CCOC4CCC(N)CC4)CC3)cc21. The van der Waals surface area contributed by atoms with Gasteiger partial charge in [0.1, 0.15) is 0 Å². The lowest BCUT2D eigenvalue weighted by Crippen LogP contribution is -2.37. The molecule has 4 rings (SSSR count). The highest BCUT2D eigenvalue weighted by atomic mass is 16.5. The Hall–Kier alpha value is -1.63. The number of aromatic amines is 1. The minimum atomic E-state index is -0.0445. The number of aryl methyl sites for hydroxylation is 1. The Morgan fingerprint density at radius 2 is 1.89 bits per heavy atom. The summed E-state index contributed by atoms with van der Waals surface area (Å²) in [7, 11) is 1.83. The molecule has 2 fully saturated rings. The smallest absolute Gasteiger partial charge is 0.326 e. The summed E-state index contributed by atoms with van der Waals surface area (Å²) in [5, 5.41) is 0. The van der Waals surface area contributed by atoms with Crippen molar-refractivity contribution in [2.45, 2.75) is 56.6 Å². The van der Waals surface area contributed by atoms with E-state index < -0.39 is 0 Å². The zero-order valence-corrected chi connectivity index (χ0v) is 16.3. The standard InChI is InChI=1S/C21H32N4O2/c1-24-20-14-16(2-7-19(20)23-21(24)26)15-8-10-25(11-9-15)12-13-27-18-5-3-17(22)4-6-18/h2,7,14-15,17-18H,3-6,8-13,22H2,1H3,(H,23,26). The van der Waals surface area contributed by atoms with Gasteiger partial charge in [-0.1, -0.05) is 6.07 Å².